The molecule has 5 heterocycles. The number of hydrogen-bond acceptors (Lipinski definition) is 15. The lowest BCUT2D eigenvalue weighted by atomic mass is 10.0. The molecule has 0 radical (unpaired) electrons. The lowest BCUT2D eigenvalue weighted by molar-refractivity contribution is -0.622. The number of β-lactam (4-membered cyclic amide) rings is 1. The van der Waals surface area contributed by atoms with Crippen LogP contribution in [0.3, 0.4) is 0 Å². The molecule has 5 rings (SSSR count). The number of hydrogen-bond donors (Lipinski definition) is 4. The minimum absolute atomic E-state index is 0.0874. The number of carbonyl (C=O) groups is 4. The molecule has 0 spiro atoms. The molecule has 1 saturated heterocycles. The van der Waals surface area contributed by atoms with E-state index in [1.165, 1.54) is 45.7 Å². The molecule has 1 unspecified atom stereocenters. The maximum absolute atomic E-state index is 13.1. The quantitative estimate of drug-likeness (QED) is 0.0449. The van der Waals surface area contributed by atoms with Gasteiger partial charge in [-0.3, -0.25) is 14.5 Å². The molecule has 2 aliphatic rings. The Labute approximate surface area is 242 Å². The number of carbonyl (C=O) groups excluding carboxylic acids is 3. The standard InChI is InChI=1S/C21H20N10O7S3/c1-38-28-13(9-6-40-20(23)25-9)16(34)27-14-17(35)30-15(19(36)37)8(4-39-18(14)30)5-41-21-26-10(22)2-11-29(3-12(32)33)7-24-31(11)21/h2,6-7,14,18,22H,3-5H2,1H3,(H5,23,25,27,32,33,34,36,37)/b28-13-/t14?,18-/m0/s1. The fraction of sp³-hybridized carbons (Fsp3) is 0.286. The minimum Gasteiger partial charge on any atom is -0.543 e. The number of nitrogens with zero attached hydrogens (tertiary/aromatic N) is 7. The highest BCUT2D eigenvalue weighted by atomic mass is 32.2. The highest BCUT2D eigenvalue weighted by Gasteiger charge is 2.53. The summed E-state index contributed by atoms with van der Waals surface area (Å²) in [6.45, 7) is -0.347. The van der Waals surface area contributed by atoms with E-state index in [2.05, 4.69) is 25.5 Å². The number of thioether (sulfide) groups is 2. The van der Waals surface area contributed by atoms with Crippen molar-refractivity contribution in [2.75, 3.05) is 30.1 Å². The third kappa shape index (κ3) is 5.35. The zero-order chi connectivity index (χ0) is 29.4. The molecule has 17 nitrogen and oxygen atoms in total. The summed E-state index contributed by atoms with van der Waals surface area (Å²) >= 11 is 3.46. The summed E-state index contributed by atoms with van der Waals surface area (Å²) < 4.78 is 2.76. The average Bonchev–Trinajstić information content (AvgIpc) is 3.53. The van der Waals surface area contributed by atoms with Gasteiger partial charge in [0.05, 0.1) is 17.7 Å². The fourth-order valence-corrected chi connectivity index (χ4v) is 7.16. The molecule has 214 valence electrons. The number of aromatic nitrogens is 5. The lowest BCUT2D eigenvalue weighted by Gasteiger charge is -2.50. The van der Waals surface area contributed by atoms with Crippen molar-refractivity contribution in [3.63, 3.8) is 0 Å². The third-order valence-electron chi connectivity index (χ3n) is 5.87. The summed E-state index contributed by atoms with van der Waals surface area (Å²) in [5.41, 5.74) is 12.0. The summed E-state index contributed by atoms with van der Waals surface area (Å²) in [4.78, 5) is 63.4. The Morgan fingerprint density at radius 2 is 2.15 bits per heavy atom. The molecule has 0 bridgehead atoms. The summed E-state index contributed by atoms with van der Waals surface area (Å²) in [5.74, 6) is -3.60. The number of thiazole rings is 1. The summed E-state index contributed by atoms with van der Waals surface area (Å²) in [6, 6.07) is 0.435. The van der Waals surface area contributed by atoms with Gasteiger partial charge in [-0.1, -0.05) is 19.8 Å². The van der Waals surface area contributed by atoms with Crippen molar-refractivity contribution in [2.45, 2.75) is 23.1 Å². The normalized spacial score (nSPS) is 18.7. The number of fused-ring (bicyclic) bond motifs is 2. The predicted molar refractivity (Wildman–Crippen MR) is 143 cm³/mol. The lowest BCUT2D eigenvalue weighted by Crippen LogP contribution is -2.71. The van der Waals surface area contributed by atoms with Gasteiger partial charge in [-0.05, 0) is 17.3 Å². The van der Waals surface area contributed by atoms with Crippen LogP contribution in [0.4, 0.5) is 10.9 Å². The van der Waals surface area contributed by atoms with Crippen LogP contribution < -0.4 is 26.4 Å². The van der Waals surface area contributed by atoms with Crippen LogP contribution in [0.5, 0.6) is 0 Å². The molecule has 20 heteroatoms. The van der Waals surface area contributed by atoms with Gasteiger partial charge in [-0.15, -0.1) is 23.1 Å². The van der Waals surface area contributed by atoms with E-state index in [4.69, 9.17) is 21.4 Å². The number of oxime groups is 1. The van der Waals surface area contributed by atoms with Crippen molar-refractivity contribution in [3.05, 3.63) is 34.7 Å². The first-order valence-electron chi connectivity index (χ1n) is 11.5. The first-order chi connectivity index (χ1) is 19.6. The molecule has 2 aliphatic heterocycles. The second-order valence-electron chi connectivity index (χ2n) is 8.47. The van der Waals surface area contributed by atoms with E-state index in [-0.39, 0.29) is 51.3 Å². The van der Waals surface area contributed by atoms with E-state index in [1.54, 1.807) is 0 Å². The highest BCUT2D eigenvalue weighted by Crippen LogP contribution is 2.41. The van der Waals surface area contributed by atoms with Crippen molar-refractivity contribution < 1.29 is 38.7 Å². The number of amides is 2. The number of nitrogen functional groups attached to an aromatic ring is 2. The molecule has 3 aromatic heterocycles. The van der Waals surface area contributed by atoms with Gasteiger partial charge in [0.2, 0.25) is 5.82 Å². The molecule has 0 aromatic carbocycles. The van der Waals surface area contributed by atoms with Gasteiger partial charge in [-0.2, -0.15) is 0 Å². The number of carboxylic acids is 2. The van der Waals surface area contributed by atoms with Gasteiger partial charge in [0.15, 0.2) is 23.7 Å². The van der Waals surface area contributed by atoms with E-state index in [0.717, 1.165) is 28.0 Å². The topological polar surface area (TPSA) is 248 Å². The maximum Gasteiger partial charge on any atom is 0.338 e. The Morgan fingerprint density at radius 3 is 2.80 bits per heavy atom. The van der Waals surface area contributed by atoms with Crippen molar-refractivity contribution in [2.24, 2.45) is 5.16 Å². The van der Waals surface area contributed by atoms with Gasteiger partial charge in [0.1, 0.15) is 24.2 Å². The summed E-state index contributed by atoms with van der Waals surface area (Å²) in [6.07, 6.45) is 1.32. The van der Waals surface area contributed by atoms with E-state index >= 15 is 0 Å². The second kappa shape index (κ2) is 11.2. The molecule has 0 saturated carbocycles. The van der Waals surface area contributed by atoms with Crippen LogP contribution in [0.15, 0.2) is 39.4 Å². The van der Waals surface area contributed by atoms with Crippen molar-refractivity contribution in [1.82, 2.24) is 29.9 Å². The van der Waals surface area contributed by atoms with Crippen LogP contribution >= 0.6 is 34.9 Å². The SMILES string of the molecule is CO/N=C(\C(=O)NC1C(=O)N2C(C(=O)[O-])=C(CSc3nc(N)cc4n(CC(=O)O)cn[n+]34)CS[C@@H]12)c1csc(N)n1. The van der Waals surface area contributed by atoms with Gasteiger partial charge in [0.25, 0.3) is 17.5 Å². The van der Waals surface area contributed by atoms with E-state index in [9.17, 15) is 24.3 Å². The molecule has 41 heavy (non-hydrogen) atoms. The summed E-state index contributed by atoms with van der Waals surface area (Å²) in [7, 11) is 1.25. The smallest absolute Gasteiger partial charge is 0.338 e. The number of aliphatic carboxylic acids is 2. The van der Waals surface area contributed by atoms with Gasteiger partial charge in [-0.25, -0.2) is 14.3 Å². The Bertz CT molecular complexity index is 1650. The molecule has 1 fully saturated rings. The van der Waals surface area contributed by atoms with Crippen LogP contribution in [0, 0.1) is 0 Å². The van der Waals surface area contributed by atoms with Gasteiger partial charge < -0.3 is 36.6 Å². The zero-order valence-corrected chi connectivity index (χ0v) is 23.4. The van der Waals surface area contributed by atoms with Crippen LogP contribution in [0.1, 0.15) is 5.69 Å². The third-order valence-corrected chi connectivity index (χ3v) is 8.90. The minimum atomic E-state index is -1.55. The number of anilines is 2. The zero-order valence-electron chi connectivity index (χ0n) is 20.9. The van der Waals surface area contributed by atoms with E-state index < -0.39 is 35.2 Å². The summed E-state index contributed by atoms with van der Waals surface area (Å²) in [5, 5.41) is 33.0. The van der Waals surface area contributed by atoms with Crippen molar-refractivity contribution in [3.8, 4) is 0 Å². The Kier molecular flexibility index (Phi) is 7.69. The predicted octanol–water partition coefficient (Wildman–Crippen LogP) is -2.73. The number of carboxylic acid groups (broad SMARTS) is 2. The van der Waals surface area contributed by atoms with Crippen LogP contribution in [0.25, 0.3) is 5.65 Å². The molecule has 3 aromatic rings. The van der Waals surface area contributed by atoms with Crippen LogP contribution in [-0.2, 0) is 30.6 Å². The maximum atomic E-state index is 13.1. The molecular formula is C21H20N10O7S3. The number of nitrogens with two attached hydrogens (primary N) is 2. The molecular weight excluding hydrogens is 600 g/mol. The number of nitrogens with one attached hydrogen (secondary N) is 1. The Morgan fingerprint density at radius 1 is 1.37 bits per heavy atom. The highest BCUT2D eigenvalue weighted by molar-refractivity contribution is 8.01. The van der Waals surface area contributed by atoms with E-state index in [0.29, 0.717) is 11.2 Å². The van der Waals surface area contributed by atoms with Crippen molar-refractivity contribution >= 4 is 80.9 Å². The first-order valence-corrected chi connectivity index (χ1v) is 14.4. The fourth-order valence-electron chi connectivity index (χ4n) is 4.16. The van der Waals surface area contributed by atoms with Crippen molar-refractivity contribution in [1.29, 1.82) is 0 Å². The first kappa shape index (κ1) is 28.1. The monoisotopic (exact) mass is 620 g/mol. The van der Waals surface area contributed by atoms with Gasteiger partial charge >= 0.3 is 11.1 Å². The van der Waals surface area contributed by atoms with E-state index in [1.807, 2.05) is 0 Å². The van der Waals surface area contributed by atoms with Crippen LogP contribution in [0.2, 0.25) is 0 Å². The second-order valence-corrected chi connectivity index (χ2v) is 11.4. The molecule has 6 N–H and O–H groups in total. The largest absolute Gasteiger partial charge is 0.543 e. The van der Waals surface area contributed by atoms with Crippen LogP contribution in [-0.4, -0.2) is 89.1 Å². The average molecular weight is 621 g/mol. The molecule has 0 aliphatic carbocycles. The Hall–Kier alpha value is -4.43. The Balaban J connectivity index is 1.34. The van der Waals surface area contributed by atoms with Gasteiger partial charge in [0, 0.05) is 16.9 Å². The molecule has 2 atom stereocenters. The number of rotatable bonds is 10. The molecule has 2 amide bonds.